The standard InChI is InChI=1S/C13H19NO2/c1-9-7-12(3-4-13(9)15)14-10(2)11-5-6-16-8-11/h3-4,7,10-11,14-15H,5-6,8H2,1-2H3. The maximum atomic E-state index is 9.44. The predicted molar refractivity (Wildman–Crippen MR) is 64.9 cm³/mol. The zero-order chi connectivity index (χ0) is 11.5. The molecule has 1 aliphatic rings. The van der Waals surface area contributed by atoms with Gasteiger partial charge in [-0.2, -0.15) is 0 Å². The molecule has 1 aromatic rings. The number of aryl methyl sites for hydroxylation is 1. The number of nitrogens with one attached hydrogen (secondary N) is 1. The van der Waals surface area contributed by atoms with Crippen molar-refractivity contribution in [3.05, 3.63) is 23.8 Å². The zero-order valence-corrected chi connectivity index (χ0v) is 9.86. The van der Waals surface area contributed by atoms with Crippen molar-refractivity contribution in [1.82, 2.24) is 0 Å². The van der Waals surface area contributed by atoms with Crippen molar-refractivity contribution in [2.24, 2.45) is 5.92 Å². The SMILES string of the molecule is Cc1cc(NC(C)C2CCOC2)ccc1O. The molecule has 2 N–H and O–H groups in total. The number of rotatable bonds is 3. The van der Waals surface area contributed by atoms with Crippen LogP contribution in [0.1, 0.15) is 18.9 Å². The van der Waals surface area contributed by atoms with E-state index in [4.69, 9.17) is 4.74 Å². The van der Waals surface area contributed by atoms with E-state index >= 15 is 0 Å². The highest BCUT2D eigenvalue weighted by Gasteiger charge is 2.22. The number of phenolic OH excluding ortho intramolecular Hbond substituents is 1. The number of hydrogen-bond donors (Lipinski definition) is 2. The van der Waals surface area contributed by atoms with Gasteiger partial charge in [0.05, 0.1) is 6.61 Å². The molecular formula is C13H19NO2. The summed E-state index contributed by atoms with van der Waals surface area (Å²) >= 11 is 0. The lowest BCUT2D eigenvalue weighted by atomic mass is 10.0. The van der Waals surface area contributed by atoms with E-state index in [1.807, 2.05) is 19.1 Å². The van der Waals surface area contributed by atoms with Crippen molar-refractivity contribution in [2.45, 2.75) is 26.3 Å². The first kappa shape index (κ1) is 11.3. The van der Waals surface area contributed by atoms with Crippen LogP contribution in [0.25, 0.3) is 0 Å². The van der Waals surface area contributed by atoms with Gasteiger partial charge in [-0.15, -0.1) is 0 Å². The van der Waals surface area contributed by atoms with Crippen molar-refractivity contribution in [1.29, 1.82) is 0 Å². The minimum Gasteiger partial charge on any atom is -0.508 e. The Kier molecular flexibility index (Phi) is 3.34. The molecule has 1 heterocycles. The van der Waals surface area contributed by atoms with E-state index in [-0.39, 0.29) is 0 Å². The molecule has 0 spiro atoms. The molecule has 2 atom stereocenters. The summed E-state index contributed by atoms with van der Waals surface area (Å²) in [5, 5.41) is 12.9. The lowest BCUT2D eigenvalue weighted by Gasteiger charge is -2.20. The normalized spacial score (nSPS) is 22.0. The highest BCUT2D eigenvalue weighted by Crippen LogP contribution is 2.23. The molecule has 0 aliphatic carbocycles. The van der Waals surface area contributed by atoms with Crippen LogP contribution in [-0.4, -0.2) is 24.4 Å². The summed E-state index contributed by atoms with van der Waals surface area (Å²) in [7, 11) is 0. The van der Waals surface area contributed by atoms with Gasteiger partial charge in [-0.3, -0.25) is 0 Å². The Hall–Kier alpha value is -1.22. The topological polar surface area (TPSA) is 41.5 Å². The Labute approximate surface area is 96.4 Å². The van der Waals surface area contributed by atoms with Crippen LogP contribution in [0.4, 0.5) is 5.69 Å². The van der Waals surface area contributed by atoms with Gasteiger partial charge in [-0.25, -0.2) is 0 Å². The summed E-state index contributed by atoms with van der Waals surface area (Å²) in [6.07, 6.45) is 1.13. The summed E-state index contributed by atoms with van der Waals surface area (Å²) in [4.78, 5) is 0. The summed E-state index contributed by atoms with van der Waals surface area (Å²) in [5.41, 5.74) is 1.97. The molecular weight excluding hydrogens is 202 g/mol. The van der Waals surface area contributed by atoms with E-state index < -0.39 is 0 Å². The molecule has 0 radical (unpaired) electrons. The number of benzene rings is 1. The maximum Gasteiger partial charge on any atom is 0.118 e. The van der Waals surface area contributed by atoms with Crippen molar-refractivity contribution in [3.8, 4) is 5.75 Å². The largest absolute Gasteiger partial charge is 0.508 e. The second kappa shape index (κ2) is 4.74. The van der Waals surface area contributed by atoms with Gasteiger partial charge in [0.1, 0.15) is 5.75 Å². The smallest absolute Gasteiger partial charge is 0.118 e. The minimum absolute atomic E-state index is 0.349. The Morgan fingerprint density at radius 1 is 1.50 bits per heavy atom. The van der Waals surface area contributed by atoms with Crippen LogP contribution in [0.2, 0.25) is 0 Å². The van der Waals surface area contributed by atoms with E-state index in [0.29, 0.717) is 17.7 Å². The quantitative estimate of drug-likeness (QED) is 0.771. The van der Waals surface area contributed by atoms with E-state index in [9.17, 15) is 5.11 Å². The molecule has 2 rings (SSSR count). The Balaban J connectivity index is 1.99. The number of ether oxygens (including phenoxy) is 1. The van der Waals surface area contributed by atoms with Crippen LogP contribution >= 0.6 is 0 Å². The van der Waals surface area contributed by atoms with Crippen LogP contribution in [0.3, 0.4) is 0 Å². The second-order valence-electron chi connectivity index (χ2n) is 4.56. The van der Waals surface area contributed by atoms with Crippen LogP contribution in [0, 0.1) is 12.8 Å². The van der Waals surface area contributed by atoms with Crippen LogP contribution < -0.4 is 5.32 Å². The first-order valence-electron chi connectivity index (χ1n) is 5.80. The summed E-state index contributed by atoms with van der Waals surface area (Å²) in [5.74, 6) is 0.941. The lowest BCUT2D eigenvalue weighted by molar-refractivity contribution is 0.183. The predicted octanol–water partition coefficient (Wildman–Crippen LogP) is 2.54. The van der Waals surface area contributed by atoms with E-state index in [1.54, 1.807) is 6.07 Å². The molecule has 0 aromatic heterocycles. The average molecular weight is 221 g/mol. The van der Waals surface area contributed by atoms with Gasteiger partial charge < -0.3 is 15.2 Å². The molecule has 0 amide bonds. The number of phenols is 1. The minimum atomic E-state index is 0.349. The number of aromatic hydroxyl groups is 1. The highest BCUT2D eigenvalue weighted by atomic mass is 16.5. The summed E-state index contributed by atoms with van der Waals surface area (Å²) in [6.45, 7) is 5.82. The zero-order valence-electron chi connectivity index (χ0n) is 9.86. The first-order chi connectivity index (χ1) is 7.66. The fourth-order valence-corrected chi connectivity index (χ4v) is 2.07. The molecule has 0 bridgehead atoms. The van der Waals surface area contributed by atoms with Gasteiger partial charge in [0, 0.05) is 24.3 Å². The maximum absolute atomic E-state index is 9.44. The molecule has 1 aliphatic heterocycles. The fourth-order valence-electron chi connectivity index (χ4n) is 2.07. The number of hydrogen-bond acceptors (Lipinski definition) is 3. The Morgan fingerprint density at radius 3 is 2.94 bits per heavy atom. The van der Waals surface area contributed by atoms with Gasteiger partial charge in [-0.1, -0.05) is 0 Å². The van der Waals surface area contributed by atoms with Crippen LogP contribution in [-0.2, 0) is 4.74 Å². The third kappa shape index (κ3) is 2.47. The fraction of sp³-hybridized carbons (Fsp3) is 0.538. The molecule has 0 saturated carbocycles. The van der Waals surface area contributed by atoms with E-state index in [2.05, 4.69) is 12.2 Å². The molecule has 3 nitrogen and oxygen atoms in total. The molecule has 1 saturated heterocycles. The highest BCUT2D eigenvalue weighted by molar-refractivity contribution is 5.50. The molecule has 2 unspecified atom stereocenters. The van der Waals surface area contributed by atoms with Crippen molar-refractivity contribution < 1.29 is 9.84 Å². The second-order valence-corrected chi connectivity index (χ2v) is 4.56. The van der Waals surface area contributed by atoms with Gasteiger partial charge in [0.25, 0.3) is 0 Å². The third-order valence-corrected chi connectivity index (χ3v) is 3.26. The molecule has 1 aromatic carbocycles. The number of anilines is 1. The van der Waals surface area contributed by atoms with Crippen LogP contribution in [0.15, 0.2) is 18.2 Å². The van der Waals surface area contributed by atoms with E-state index in [1.165, 1.54) is 0 Å². The van der Waals surface area contributed by atoms with Gasteiger partial charge in [-0.05, 0) is 44.0 Å². The van der Waals surface area contributed by atoms with Crippen molar-refractivity contribution in [3.63, 3.8) is 0 Å². The van der Waals surface area contributed by atoms with Gasteiger partial charge in [0.2, 0.25) is 0 Å². The monoisotopic (exact) mass is 221 g/mol. The van der Waals surface area contributed by atoms with Crippen molar-refractivity contribution in [2.75, 3.05) is 18.5 Å². The van der Waals surface area contributed by atoms with Gasteiger partial charge in [0.15, 0.2) is 0 Å². The Bertz CT molecular complexity index is 359. The third-order valence-electron chi connectivity index (χ3n) is 3.26. The first-order valence-corrected chi connectivity index (χ1v) is 5.80. The molecule has 1 fully saturated rings. The summed E-state index contributed by atoms with van der Waals surface area (Å²) in [6, 6.07) is 6.03. The molecule has 88 valence electrons. The Morgan fingerprint density at radius 2 is 2.31 bits per heavy atom. The van der Waals surface area contributed by atoms with Gasteiger partial charge >= 0.3 is 0 Å². The van der Waals surface area contributed by atoms with E-state index in [0.717, 1.165) is 30.9 Å². The lowest BCUT2D eigenvalue weighted by Crippen LogP contribution is -2.26. The van der Waals surface area contributed by atoms with Crippen molar-refractivity contribution >= 4 is 5.69 Å². The van der Waals surface area contributed by atoms with Crippen LogP contribution in [0.5, 0.6) is 5.75 Å². The molecule has 3 heteroatoms. The average Bonchev–Trinajstić information content (AvgIpc) is 2.77. The summed E-state index contributed by atoms with van der Waals surface area (Å²) < 4.78 is 5.38. The molecule has 16 heavy (non-hydrogen) atoms.